The predicted molar refractivity (Wildman–Crippen MR) is 38.2 cm³/mol. The minimum atomic E-state index is -0.873. The third-order valence-corrected chi connectivity index (χ3v) is 1.56. The molecule has 1 rings (SSSR count). The lowest BCUT2D eigenvalue weighted by Gasteiger charge is -1.98. The van der Waals surface area contributed by atoms with Gasteiger partial charge in [0.25, 0.3) is 0 Å². The molecule has 0 bridgehead atoms. The molecule has 0 amide bonds. The first-order valence-electron chi connectivity index (χ1n) is 3.24. The van der Waals surface area contributed by atoms with Crippen molar-refractivity contribution in [3.63, 3.8) is 0 Å². The fourth-order valence-electron chi connectivity index (χ4n) is 0.776. The van der Waals surface area contributed by atoms with Crippen molar-refractivity contribution in [1.29, 1.82) is 0 Å². The van der Waals surface area contributed by atoms with Crippen molar-refractivity contribution in [3.05, 3.63) is 17.7 Å². The standard InChI is InChI=1S/C7H9N2O2/c1-5-6(2)9(4-8-5)3-7(10)11/h3H2,1-2H3,(H,10,11). The highest BCUT2D eigenvalue weighted by molar-refractivity contribution is 5.66. The summed E-state index contributed by atoms with van der Waals surface area (Å²) in [6, 6.07) is 0. The van der Waals surface area contributed by atoms with E-state index in [0.29, 0.717) is 0 Å². The van der Waals surface area contributed by atoms with Crippen LogP contribution < -0.4 is 0 Å². The lowest BCUT2D eigenvalue weighted by Crippen LogP contribution is -2.09. The number of nitrogens with zero attached hydrogens (tertiary/aromatic N) is 2. The Morgan fingerprint density at radius 2 is 2.36 bits per heavy atom. The van der Waals surface area contributed by atoms with Gasteiger partial charge in [-0.2, -0.15) is 0 Å². The van der Waals surface area contributed by atoms with Crippen LogP contribution in [0.3, 0.4) is 0 Å². The number of rotatable bonds is 2. The Morgan fingerprint density at radius 1 is 1.73 bits per heavy atom. The Hall–Kier alpha value is -1.32. The summed E-state index contributed by atoms with van der Waals surface area (Å²) in [4.78, 5) is 14.1. The first-order chi connectivity index (χ1) is 5.11. The molecule has 59 valence electrons. The smallest absolute Gasteiger partial charge is 0.323 e. The van der Waals surface area contributed by atoms with Crippen LogP contribution in [0.5, 0.6) is 0 Å². The van der Waals surface area contributed by atoms with E-state index in [9.17, 15) is 4.79 Å². The third kappa shape index (κ3) is 1.58. The second kappa shape index (κ2) is 2.74. The van der Waals surface area contributed by atoms with Crippen molar-refractivity contribution in [3.8, 4) is 0 Å². The van der Waals surface area contributed by atoms with E-state index in [1.807, 2.05) is 13.8 Å². The second-order valence-corrected chi connectivity index (χ2v) is 2.36. The molecule has 0 aliphatic heterocycles. The molecule has 0 saturated carbocycles. The van der Waals surface area contributed by atoms with E-state index >= 15 is 0 Å². The average Bonchev–Trinajstić information content (AvgIpc) is 2.18. The quantitative estimate of drug-likeness (QED) is 0.668. The van der Waals surface area contributed by atoms with Gasteiger partial charge in [-0.3, -0.25) is 4.79 Å². The molecule has 0 atom stereocenters. The number of carboxylic acid groups (broad SMARTS) is 1. The largest absolute Gasteiger partial charge is 0.480 e. The van der Waals surface area contributed by atoms with E-state index in [-0.39, 0.29) is 6.54 Å². The number of carboxylic acids is 1. The highest BCUT2D eigenvalue weighted by Crippen LogP contribution is 2.02. The van der Waals surface area contributed by atoms with Crippen LogP contribution in [0.2, 0.25) is 0 Å². The molecule has 0 saturated heterocycles. The van der Waals surface area contributed by atoms with Gasteiger partial charge in [0, 0.05) is 5.69 Å². The Labute approximate surface area is 64.5 Å². The Morgan fingerprint density at radius 3 is 2.73 bits per heavy atom. The van der Waals surface area contributed by atoms with E-state index in [1.54, 1.807) is 0 Å². The maximum atomic E-state index is 10.3. The highest BCUT2D eigenvalue weighted by Gasteiger charge is 2.05. The molecule has 0 aliphatic rings. The third-order valence-electron chi connectivity index (χ3n) is 1.56. The Kier molecular flexibility index (Phi) is 1.94. The van der Waals surface area contributed by atoms with E-state index in [0.717, 1.165) is 11.4 Å². The zero-order chi connectivity index (χ0) is 8.43. The molecule has 11 heavy (non-hydrogen) atoms. The zero-order valence-corrected chi connectivity index (χ0v) is 6.46. The average molecular weight is 153 g/mol. The SMILES string of the molecule is Cc1n[c]n(CC(=O)O)c1C. The molecule has 0 spiro atoms. The number of hydrogen-bond donors (Lipinski definition) is 1. The van der Waals surface area contributed by atoms with Gasteiger partial charge in [0.05, 0.1) is 5.69 Å². The lowest BCUT2D eigenvalue weighted by atomic mass is 10.4. The molecule has 0 aromatic carbocycles. The number of carbonyl (C=O) groups is 1. The van der Waals surface area contributed by atoms with Gasteiger partial charge in [0.15, 0.2) is 6.33 Å². The summed E-state index contributed by atoms with van der Waals surface area (Å²) in [5.41, 5.74) is 1.68. The van der Waals surface area contributed by atoms with Crippen LogP contribution in [0.15, 0.2) is 0 Å². The molecule has 0 unspecified atom stereocenters. The number of aryl methyl sites for hydroxylation is 1. The predicted octanol–water partition coefficient (Wildman–Crippen LogP) is 0.385. The topological polar surface area (TPSA) is 55.1 Å². The van der Waals surface area contributed by atoms with Crippen molar-refractivity contribution in [2.24, 2.45) is 0 Å². The van der Waals surface area contributed by atoms with Crippen molar-refractivity contribution in [2.75, 3.05) is 0 Å². The molecule has 1 aromatic heterocycles. The fraction of sp³-hybridized carbons (Fsp3) is 0.429. The van der Waals surface area contributed by atoms with E-state index in [4.69, 9.17) is 5.11 Å². The van der Waals surface area contributed by atoms with Gasteiger partial charge in [0.2, 0.25) is 0 Å². The van der Waals surface area contributed by atoms with Crippen molar-refractivity contribution < 1.29 is 9.90 Å². The molecule has 4 nitrogen and oxygen atoms in total. The van der Waals surface area contributed by atoms with Crippen LogP contribution in [0, 0.1) is 20.2 Å². The van der Waals surface area contributed by atoms with E-state index < -0.39 is 5.97 Å². The molecule has 1 N–H and O–H groups in total. The Bertz CT molecular complexity index is 278. The van der Waals surface area contributed by atoms with E-state index in [2.05, 4.69) is 11.3 Å². The van der Waals surface area contributed by atoms with Crippen LogP contribution in [-0.4, -0.2) is 20.6 Å². The van der Waals surface area contributed by atoms with Crippen LogP contribution >= 0.6 is 0 Å². The minimum Gasteiger partial charge on any atom is -0.480 e. The van der Waals surface area contributed by atoms with Crippen molar-refractivity contribution in [2.45, 2.75) is 20.4 Å². The van der Waals surface area contributed by atoms with Crippen LogP contribution in [0.1, 0.15) is 11.4 Å². The van der Waals surface area contributed by atoms with E-state index in [1.165, 1.54) is 4.57 Å². The monoisotopic (exact) mass is 153 g/mol. The van der Waals surface area contributed by atoms with Crippen LogP contribution in [0.4, 0.5) is 0 Å². The zero-order valence-electron chi connectivity index (χ0n) is 6.46. The lowest BCUT2D eigenvalue weighted by molar-refractivity contribution is -0.137. The summed E-state index contributed by atoms with van der Waals surface area (Å²) in [5.74, 6) is -0.873. The summed E-state index contributed by atoms with van der Waals surface area (Å²) in [6.07, 6.45) is 2.59. The van der Waals surface area contributed by atoms with Crippen LogP contribution in [-0.2, 0) is 11.3 Å². The number of aliphatic carboxylic acids is 1. The molecular weight excluding hydrogens is 144 g/mol. The fourth-order valence-corrected chi connectivity index (χ4v) is 0.776. The normalized spacial score (nSPS) is 10.0. The van der Waals surface area contributed by atoms with Gasteiger partial charge in [-0.15, -0.1) is 0 Å². The second-order valence-electron chi connectivity index (χ2n) is 2.36. The molecule has 0 aliphatic carbocycles. The minimum absolute atomic E-state index is 0.0628. The van der Waals surface area contributed by atoms with Gasteiger partial charge in [0.1, 0.15) is 6.54 Å². The van der Waals surface area contributed by atoms with Crippen molar-refractivity contribution >= 4 is 5.97 Å². The molecular formula is C7H9N2O2. The number of hydrogen-bond acceptors (Lipinski definition) is 2. The van der Waals surface area contributed by atoms with Gasteiger partial charge in [-0.25, -0.2) is 4.98 Å². The first-order valence-corrected chi connectivity index (χ1v) is 3.24. The van der Waals surface area contributed by atoms with Gasteiger partial charge in [-0.05, 0) is 13.8 Å². The molecule has 1 heterocycles. The molecule has 0 fully saturated rings. The molecule has 4 heteroatoms. The van der Waals surface area contributed by atoms with Gasteiger partial charge < -0.3 is 9.67 Å². The summed E-state index contributed by atoms with van der Waals surface area (Å²) in [5, 5.41) is 8.43. The maximum absolute atomic E-state index is 10.3. The number of imidazole rings is 1. The van der Waals surface area contributed by atoms with Crippen molar-refractivity contribution in [1.82, 2.24) is 9.55 Å². The molecule has 1 aromatic rings. The maximum Gasteiger partial charge on any atom is 0.323 e. The van der Waals surface area contributed by atoms with Crippen LogP contribution in [0.25, 0.3) is 0 Å². The first kappa shape index (κ1) is 7.78. The Balaban J connectivity index is 2.87. The summed E-state index contributed by atoms with van der Waals surface area (Å²) in [7, 11) is 0. The van der Waals surface area contributed by atoms with Gasteiger partial charge in [-0.1, -0.05) is 0 Å². The summed E-state index contributed by atoms with van der Waals surface area (Å²) >= 11 is 0. The summed E-state index contributed by atoms with van der Waals surface area (Å²) < 4.78 is 1.48. The molecule has 1 radical (unpaired) electrons. The summed E-state index contributed by atoms with van der Waals surface area (Å²) in [6.45, 7) is 3.58. The van der Waals surface area contributed by atoms with Gasteiger partial charge >= 0.3 is 5.97 Å². The highest BCUT2D eigenvalue weighted by atomic mass is 16.4. The number of aromatic nitrogens is 2.